The minimum absolute atomic E-state index is 0.0567. The SMILES string of the molecule is COCCC(=O)N(N)C1CCOCC1. The minimum Gasteiger partial charge on any atom is -0.384 e. The van der Waals surface area contributed by atoms with E-state index in [2.05, 4.69) is 0 Å². The van der Waals surface area contributed by atoms with E-state index in [-0.39, 0.29) is 11.9 Å². The summed E-state index contributed by atoms with van der Waals surface area (Å²) in [5, 5.41) is 1.33. The molecule has 0 radical (unpaired) electrons. The highest BCUT2D eigenvalue weighted by Gasteiger charge is 2.22. The second-order valence-electron chi connectivity index (χ2n) is 3.39. The minimum atomic E-state index is -0.0567. The summed E-state index contributed by atoms with van der Waals surface area (Å²) in [4.78, 5) is 11.5. The molecule has 0 unspecified atom stereocenters. The number of nitrogens with two attached hydrogens (primary N) is 1. The molecule has 5 heteroatoms. The van der Waals surface area contributed by atoms with Gasteiger partial charge < -0.3 is 9.47 Å². The summed E-state index contributed by atoms with van der Waals surface area (Å²) in [5.74, 6) is 5.65. The van der Waals surface area contributed by atoms with E-state index in [1.165, 1.54) is 5.01 Å². The second-order valence-corrected chi connectivity index (χ2v) is 3.39. The molecule has 82 valence electrons. The largest absolute Gasteiger partial charge is 0.384 e. The third-order valence-corrected chi connectivity index (χ3v) is 2.39. The first-order valence-electron chi connectivity index (χ1n) is 4.89. The van der Waals surface area contributed by atoms with Crippen molar-refractivity contribution in [2.24, 2.45) is 5.84 Å². The van der Waals surface area contributed by atoms with Crippen molar-refractivity contribution < 1.29 is 14.3 Å². The smallest absolute Gasteiger partial charge is 0.239 e. The number of hydrogen-bond acceptors (Lipinski definition) is 4. The van der Waals surface area contributed by atoms with Crippen molar-refractivity contribution in [3.63, 3.8) is 0 Å². The van der Waals surface area contributed by atoms with E-state index in [4.69, 9.17) is 15.3 Å². The Morgan fingerprint density at radius 1 is 1.57 bits per heavy atom. The van der Waals surface area contributed by atoms with Gasteiger partial charge >= 0.3 is 0 Å². The fourth-order valence-corrected chi connectivity index (χ4v) is 1.49. The Hall–Kier alpha value is -0.650. The molecular formula is C9H18N2O3. The zero-order valence-electron chi connectivity index (χ0n) is 8.57. The van der Waals surface area contributed by atoms with Gasteiger partial charge in [0, 0.05) is 20.3 Å². The molecule has 1 aliphatic heterocycles. The molecule has 0 aromatic rings. The summed E-state index contributed by atoms with van der Waals surface area (Å²) in [6.07, 6.45) is 2.01. The maximum atomic E-state index is 11.5. The molecule has 14 heavy (non-hydrogen) atoms. The molecule has 5 nitrogen and oxygen atoms in total. The summed E-state index contributed by atoms with van der Waals surface area (Å²) >= 11 is 0. The monoisotopic (exact) mass is 202 g/mol. The first kappa shape index (κ1) is 11.4. The summed E-state index contributed by atoms with van der Waals surface area (Å²) < 4.78 is 10.0. The van der Waals surface area contributed by atoms with Crippen LogP contribution < -0.4 is 5.84 Å². The maximum Gasteiger partial charge on any atom is 0.239 e. The summed E-state index contributed by atoms with van der Waals surface area (Å²) in [6, 6.07) is 0.133. The number of rotatable bonds is 4. The molecular weight excluding hydrogens is 184 g/mol. The molecule has 1 aliphatic rings. The number of ether oxygens (including phenoxy) is 2. The molecule has 1 fully saturated rings. The molecule has 0 bridgehead atoms. The highest BCUT2D eigenvalue weighted by atomic mass is 16.5. The van der Waals surface area contributed by atoms with Gasteiger partial charge in [-0.25, -0.2) is 5.84 Å². The van der Waals surface area contributed by atoms with Crippen molar-refractivity contribution in [3.8, 4) is 0 Å². The third kappa shape index (κ3) is 3.25. The molecule has 0 spiro atoms. The zero-order valence-corrected chi connectivity index (χ0v) is 8.57. The zero-order chi connectivity index (χ0) is 10.4. The van der Waals surface area contributed by atoms with Crippen LogP contribution in [-0.2, 0) is 14.3 Å². The Morgan fingerprint density at radius 2 is 2.21 bits per heavy atom. The van der Waals surface area contributed by atoms with E-state index >= 15 is 0 Å². The Morgan fingerprint density at radius 3 is 2.79 bits per heavy atom. The number of amides is 1. The van der Waals surface area contributed by atoms with Gasteiger partial charge in [0.05, 0.1) is 19.1 Å². The Labute approximate surface area is 84.1 Å². The number of nitrogens with zero attached hydrogens (tertiary/aromatic N) is 1. The van der Waals surface area contributed by atoms with E-state index in [0.717, 1.165) is 12.8 Å². The summed E-state index contributed by atoms with van der Waals surface area (Å²) in [5.41, 5.74) is 0. The molecule has 1 saturated heterocycles. The van der Waals surface area contributed by atoms with Crippen LogP contribution in [0.2, 0.25) is 0 Å². The van der Waals surface area contributed by atoms with Gasteiger partial charge in [-0.3, -0.25) is 9.80 Å². The van der Waals surface area contributed by atoms with Gasteiger partial charge in [0.25, 0.3) is 0 Å². The third-order valence-electron chi connectivity index (χ3n) is 2.39. The lowest BCUT2D eigenvalue weighted by Gasteiger charge is -2.30. The van der Waals surface area contributed by atoms with Crippen molar-refractivity contribution in [2.75, 3.05) is 26.9 Å². The van der Waals surface area contributed by atoms with E-state index in [1.807, 2.05) is 0 Å². The second kappa shape index (κ2) is 5.95. The average Bonchev–Trinajstić information content (AvgIpc) is 2.26. The van der Waals surface area contributed by atoms with Crippen molar-refractivity contribution in [1.29, 1.82) is 0 Å². The maximum absolute atomic E-state index is 11.5. The Balaban J connectivity index is 2.30. The lowest BCUT2D eigenvalue weighted by Crippen LogP contribution is -2.48. The molecule has 0 atom stereocenters. The number of hydrogen-bond donors (Lipinski definition) is 1. The molecule has 1 rings (SSSR count). The first-order valence-corrected chi connectivity index (χ1v) is 4.89. The van der Waals surface area contributed by atoms with E-state index in [9.17, 15) is 4.79 Å². The fourth-order valence-electron chi connectivity index (χ4n) is 1.49. The number of hydrazine groups is 1. The lowest BCUT2D eigenvalue weighted by atomic mass is 10.1. The molecule has 0 aromatic heterocycles. The number of methoxy groups -OCH3 is 1. The van der Waals surface area contributed by atoms with Crippen molar-refractivity contribution in [3.05, 3.63) is 0 Å². The van der Waals surface area contributed by atoms with Crippen molar-refractivity contribution >= 4 is 5.91 Å². The van der Waals surface area contributed by atoms with Gasteiger partial charge in [-0.15, -0.1) is 0 Å². The van der Waals surface area contributed by atoms with Crippen LogP contribution in [0.3, 0.4) is 0 Å². The van der Waals surface area contributed by atoms with Crippen LogP contribution in [0.15, 0.2) is 0 Å². The van der Waals surface area contributed by atoms with Crippen LogP contribution in [0.5, 0.6) is 0 Å². The van der Waals surface area contributed by atoms with Crippen LogP contribution in [0.4, 0.5) is 0 Å². The molecule has 2 N–H and O–H groups in total. The molecule has 0 saturated carbocycles. The van der Waals surface area contributed by atoms with Gasteiger partial charge in [-0.05, 0) is 12.8 Å². The Bertz CT molecular complexity index is 181. The van der Waals surface area contributed by atoms with E-state index in [0.29, 0.717) is 26.2 Å². The highest BCUT2D eigenvalue weighted by molar-refractivity contribution is 5.75. The molecule has 0 aromatic carbocycles. The van der Waals surface area contributed by atoms with Gasteiger partial charge in [-0.1, -0.05) is 0 Å². The van der Waals surface area contributed by atoms with E-state index in [1.54, 1.807) is 7.11 Å². The van der Waals surface area contributed by atoms with Crippen molar-refractivity contribution in [2.45, 2.75) is 25.3 Å². The quantitative estimate of drug-likeness (QED) is 0.393. The average molecular weight is 202 g/mol. The van der Waals surface area contributed by atoms with Crippen LogP contribution in [0.1, 0.15) is 19.3 Å². The van der Waals surface area contributed by atoms with Crippen LogP contribution in [0, 0.1) is 0 Å². The van der Waals surface area contributed by atoms with Gasteiger partial charge in [-0.2, -0.15) is 0 Å². The van der Waals surface area contributed by atoms with Gasteiger partial charge in [0.1, 0.15) is 0 Å². The predicted molar refractivity (Wildman–Crippen MR) is 51.4 cm³/mol. The summed E-state index contributed by atoms with van der Waals surface area (Å²) in [6.45, 7) is 1.81. The van der Waals surface area contributed by atoms with Gasteiger partial charge in [0.15, 0.2) is 0 Å². The van der Waals surface area contributed by atoms with Crippen molar-refractivity contribution in [1.82, 2.24) is 5.01 Å². The van der Waals surface area contributed by atoms with Gasteiger partial charge in [0.2, 0.25) is 5.91 Å². The normalized spacial score (nSPS) is 18.1. The van der Waals surface area contributed by atoms with E-state index < -0.39 is 0 Å². The Kier molecular flexibility index (Phi) is 4.86. The lowest BCUT2D eigenvalue weighted by molar-refractivity contribution is -0.136. The highest BCUT2D eigenvalue weighted by Crippen LogP contribution is 2.11. The first-order chi connectivity index (χ1) is 6.75. The molecule has 1 heterocycles. The molecule has 1 amide bonds. The standard InChI is InChI=1S/C9H18N2O3/c1-13-5-4-9(12)11(10)8-2-6-14-7-3-8/h8H,2-7,10H2,1H3. The van der Waals surface area contributed by atoms with Crippen LogP contribution >= 0.6 is 0 Å². The topological polar surface area (TPSA) is 64.8 Å². The van der Waals surface area contributed by atoms with Crippen LogP contribution in [0.25, 0.3) is 0 Å². The fraction of sp³-hybridized carbons (Fsp3) is 0.889. The molecule has 0 aliphatic carbocycles. The summed E-state index contributed by atoms with van der Waals surface area (Å²) in [7, 11) is 1.57. The number of carbonyl (C=O) groups is 1. The number of carbonyl (C=O) groups excluding carboxylic acids is 1. The van der Waals surface area contributed by atoms with Crippen LogP contribution in [-0.4, -0.2) is 43.9 Å². The predicted octanol–water partition coefficient (Wildman–Crippen LogP) is -0.0958.